The Labute approximate surface area is 132 Å². The highest BCUT2D eigenvalue weighted by molar-refractivity contribution is 5.92. The average Bonchev–Trinajstić information content (AvgIpc) is 2.84. The maximum Gasteiger partial charge on any atom is 0.115 e. The number of nitrogens with zero attached hydrogens (tertiary/aromatic N) is 1. The van der Waals surface area contributed by atoms with Crippen LogP contribution in [-0.2, 0) is 11.3 Å². The molecule has 4 rings (SSSR count). The summed E-state index contributed by atoms with van der Waals surface area (Å²) < 4.78 is 0. The van der Waals surface area contributed by atoms with Gasteiger partial charge in [-0.1, -0.05) is 18.1 Å². The van der Waals surface area contributed by atoms with Crippen molar-refractivity contribution in [1.29, 1.82) is 0 Å². The fourth-order valence-electron chi connectivity index (χ4n) is 5.62. The Morgan fingerprint density at radius 3 is 2.91 bits per heavy atom. The molecule has 4 atom stereocenters. The Balaban J connectivity index is 1.69. The molecule has 3 nitrogen and oxygen atoms in total. The van der Waals surface area contributed by atoms with E-state index in [9.17, 15) is 5.11 Å². The molecule has 0 aliphatic heterocycles. The van der Waals surface area contributed by atoms with Crippen LogP contribution in [0, 0.1) is 17.3 Å². The number of phenolic OH excluding ortho intramolecular Hbond substituents is 1. The zero-order valence-corrected chi connectivity index (χ0v) is 13.5. The molecule has 22 heavy (non-hydrogen) atoms. The van der Waals surface area contributed by atoms with Crippen molar-refractivity contribution in [3.05, 3.63) is 29.3 Å². The molecular weight excluding hydrogens is 274 g/mol. The SMILES string of the molecule is CON=C1CCC2C3CCc4cc(O)ccc4C3CC[C@]12C. The number of benzene rings is 1. The van der Waals surface area contributed by atoms with Gasteiger partial charge in [0.1, 0.15) is 12.9 Å². The van der Waals surface area contributed by atoms with Crippen molar-refractivity contribution < 1.29 is 9.94 Å². The first-order valence-electron chi connectivity index (χ1n) is 8.56. The van der Waals surface area contributed by atoms with E-state index in [4.69, 9.17) is 4.84 Å². The van der Waals surface area contributed by atoms with Crippen LogP contribution in [-0.4, -0.2) is 17.9 Å². The molecule has 0 heterocycles. The highest BCUT2D eigenvalue weighted by Gasteiger charge is 2.53. The molecule has 0 aromatic heterocycles. The number of fused-ring (bicyclic) bond motifs is 5. The van der Waals surface area contributed by atoms with Crippen molar-refractivity contribution in [3.63, 3.8) is 0 Å². The smallest absolute Gasteiger partial charge is 0.115 e. The Morgan fingerprint density at radius 1 is 1.23 bits per heavy atom. The van der Waals surface area contributed by atoms with Crippen LogP contribution in [0.25, 0.3) is 0 Å². The van der Waals surface area contributed by atoms with E-state index in [1.807, 2.05) is 12.1 Å². The van der Waals surface area contributed by atoms with Gasteiger partial charge in [-0.3, -0.25) is 0 Å². The van der Waals surface area contributed by atoms with Crippen molar-refractivity contribution in [3.8, 4) is 5.75 Å². The van der Waals surface area contributed by atoms with E-state index in [-0.39, 0.29) is 5.41 Å². The van der Waals surface area contributed by atoms with Gasteiger partial charge in [0.25, 0.3) is 0 Å². The summed E-state index contributed by atoms with van der Waals surface area (Å²) in [6, 6.07) is 6.01. The minimum atomic E-state index is 0.242. The number of hydrogen-bond acceptors (Lipinski definition) is 3. The second kappa shape index (κ2) is 5.00. The van der Waals surface area contributed by atoms with Crippen molar-refractivity contribution in [2.24, 2.45) is 22.4 Å². The summed E-state index contributed by atoms with van der Waals surface area (Å²) in [7, 11) is 1.67. The first-order chi connectivity index (χ1) is 10.6. The Hall–Kier alpha value is -1.51. The minimum Gasteiger partial charge on any atom is -0.508 e. The second-order valence-corrected chi connectivity index (χ2v) is 7.51. The molecular formula is C19H25NO2. The number of phenols is 1. The van der Waals surface area contributed by atoms with Gasteiger partial charge in [-0.05, 0) is 79.5 Å². The van der Waals surface area contributed by atoms with Crippen LogP contribution in [0.15, 0.2) is 23.4 Å². The number of aryl methyl sites for hydroxylation is 1. The molecule has 3 aliphatic carbocycles. The fraction of sp³-hybridized carbons (Fsp3) is 0.632. The molecule has 1 N–H and O–H groups in total. The molecule has 2 saturated carbocycles. The Kier molecular flexibility index (Phi) is 3.21. The minimum absolute atomic E-state index is 0.242. The zero-order valence-electron chi connectivity index (χ0n) is 13.5. The van der Waals surface area contributed by atoms with E-state index in [0.29, 0.717) is 11.7 Å². The monoisotopic (exact) mass is 299 g/mol. The van der Waals surface area contributed by atoms with E-state index in [2.05, 4.69) is 18.1 Å². The summed E-state index contributed by atoms with van der Waals surface area (Å²) in [5, 5.41) is 14.1. The van der Waals surface area contributed by atoms with Crippen LogP contribution < -0.4 is 0 Å². The zero-order chi connectivity index (χ0) is 15.3. The first kappa shape index (κ1) is 14.1. The van der Waals surface area contributed by atoms with Gasteiger partial charge in [-0.2, -0.15) is 0 Å². The first-order valence-corrected chi connectivity index (χ1v) is 8.56. The summed E-state index contributed by atoms with van der Waals surface area (Å²) in [5.74, 6) is 2.58. The Morgan fingerprint density at radius 2 is 2.09 bits per heavy atom. The van der Waals surface area contributed by atoms with Crippen molar-refractivity contribution in [2.45, 2.75) is 51.4 Å². The van der Waals surface area contributed by atoms with Crippen LogP contribution in [0.5, 0.6) is 5.75 Å². The van der Waals surface area contributed by atoms with E-state index in [0.717, 1.165) is 24.7 Å². The lowest BCUT2D eigenvalue weighted by Gasteiger charge is -2.49. The summed E-state index contributed by atoms with van der Waals surface area (Å²) in [6.45, 7) is 2.41. The fourth-order valence-corrected chi connectivity index (χ4v) is 5.62. The van der Waals surface area contributed by atoms with Gasteiger partial charge >= 0.3 is 0 Å². The Bertz CT molecular complexity index is 624. The lowest BCUT2D eigenvalue weighted by atomic mass is 9.55. The van der Waals surface area contributed by atoms with E-state index >= 15 is 0 Å². The van der Waals surface area contributed by atoms with Gasteiger partial charge in [0.15, 0.2) is 0 Å². The van der Waals surface area contributed by atoms with Crippen LogP contribution >= 0.6 is 0 Å². The summed E-state index contributed by atoms with van der Waals surface area (Å²) in [6.07, 6.45) is 7.16. The molecule has 0 spiro atoms. The molecule has 3 aliphatic rings. The second-order valence-electron chi connectivity index (χ2n) is 7.51. The molecule has 0 bridgehead atoms. The third-order valence-electron chi connectivity index (χ3n) is 6.65. The lowest BCUT2D eigenvalue weighted by Crippen LogP contribution is -2.42. The normalized spacial score (nSPS) is 38.3. The van der Waals surface area contributed by atoms with Gasteiger partial charge in [0.05, 0.1) is 5.71 Å². The molecule has 0 saturated heterocycles. The van der Waals surface area contributed by atoms with E-state index < -0.39 is 0 Å². The molecule has 2 fully saturated rings. The van der Waals surface area contributed by atoms with Crippen LogP contribution in [0.2, 0.25) is 0 Å². The van der Waals surface area contributed by atoms with Crippen molar-refractivity contribution in [2.75, 3.05) is 7.11 Å². The molecule has 3 heteroatoms. The van der Waals surface area contributed by atoms with Crippen LogP contribution in [0.3, 0.4) is 0 Å². The third-order valence-corrected chi connectivity index (χ3v) is 6.65. The molecule has 3 unspecified atom stereocenters. The van der Waals surface area contributed by atoms with Gasteiger partial charge < -0.3 is 9.94 Å². The predicted octanol–water partition coefficient (Wildman–Crippen LogP) is 4.25. The number of hydrogen-bond donors (Lipinski definition) is 1. The van der Waals surface area contributed by atoms with Gasteiger partial charge in [0, 0.05) is 5.41 Å². The summed E-state index contributed by atoms with van der Waals surface area (Å²) >= 11 is 0. The quantitative estimate of drug-likeness (QED) is 0.788. The van der Waals surface area contributed by atoms with Crippen molar-refractivity contribution >= 4 is 5.71 Å². The summed E-state index contributed by atoms with van der Waals surface area (Å²) in [4.78, 5) is 5.11. The number of oxime groups is 1. The van der Waals surface area contributed by atoms with Gasteiger partial charge in [0.2, 0.25) is 0 Å². The van der Waals surface area contributed by atoms with Crippen molar-refractivity contribution in [1.82, 2.24) is 0 Å². The van der Waals surface area contributed by atoms with Gasteiger partial charge in [-0.25, -0.2) is 0 Å². The molecule has 1 aromatic carbocycles. The van der Waals surface area contributed by atoms with Crippen LogP contribution in [0.4, 0.5) is 0 Å². The maximum absolute atomic E-state index is 9.74. The largest absolute Gasteiger partial charge is 0.508 e. The maximum atomic E-state index is 9.74. The van der Waals surface area contributed by atoms with Gasteiger partial charge in [-0.15, -0.1) is 0 Å². The number of rotatable bonds is 1. The summed E-state index contributed by atoms with van der Waals surface area (Å²) in [5.41, 5.74) is 4.39. The molecule has 1 aromatic rings. The predicted molar refractivity (Wildman–Crippen MR) is 87.2 cm³/mol. The lowest BCUT2D eigenvalue weighted by molar-refractivity contribution is 0.0924. The van der Waals surface area contributed by atoms with E-state index in [1.165, 1.54) is 42.5 Å². The highest BCUT2D eigenvalue weighted by Crippen LogP contribution is 2.59. The van der Waals surface area contributed by atoms with E-state index in [1.54, 1.807) is 7.11 Å². The average molecular weight is 299 g/mol. The molecule has 0 amide bonds. The molecule has 118 valence electrons. The number of aromatic hydroxyl groups is 1. The third kappa shape index (κ3) is 1.90. The highest BCUT2D eigenvalue weighted by atomic mass is 16.6. The molecule has 0 radical (unpaired) electrons. The van der Waals surface area contributed by atoms with Crippen LogP contribution in [0.1, 0.15) is 56.1 Å². The standard InChI is InChI=1S/C19H25NO2/c1-19-10-9-15-14-6-4-13(21)11-12(14)3-5-16(15)17(19)7-8-18(19)20-22-2/h4,6,11,15-17,21H,3,5,7-10H2,1-2H3/t15?,16?,17?,19-/m0/s1. The topological polar surface area (TPSA) is 41.8 Å².